The molecule has 2 aromatic rings. The highest BCUT2D eigenvalue weighted by Crippen LogP contribution is 2.03. The van der Waals surface area contributed by atoms with Gasteiger partial charge in [0.15, 0.2) is 0 Å². The zero-order valence-corrected chi connectivity index (χ0v) is 11.4. The van der Waals surface area contributed by atoms with Crippen LogP contribution in [0.15, 0.2) is 47.6 Å². The Morgan fingerprint density at radius 3 is 2.65 bits per heavy atom. The molecule has 7 nitrogen and oxygen atoms in total. The van der Waals surface area contributed by atoms with E-state index < -0.39 is 15.9 Å². The van der Waals surface area contributed by atoms with Crippen LogP contribution in [-0.4, -0.2) is 31.1 Å². The van der Waals surface area contributed by atoms with Gasteiger partial charge in [0.25, 0.3) is 0 Å². The summed E-state index contributed by atoms with van der Waals surface area (Å²) in [5.41, 5.74) is 0.943. The van der Waals surface area contributed by atoms with Crippen LogP contribution in [0.2, 0.25) is 0 Å². The molecule has 0 saturated heterocycles. The summed E-state index contributed by atoms with van der Waals surface area (Å²) in [7, 11) is -3.70. The standard InChI is InChI=1S/C12H14N4O3S/c17-12(13-6-10-4-2-1-3-5-10)9-16-20(18,19)11-7-14-15-8-11/h1-5,7-8,16H,6,9H2,(H,13,17)(H,14,15). The van der Waals surface area contributed by atoms with Gasteiger partial charge in [-0.1, -0.05) is 30.3 Å². The number of carbonyl (C=O) groups is 1. The molecule has 0 aliphatic heterocycles. The maximum Gasteiger partial charge on any atom is 0.244 e. The van der Waals surface area contributed by atoms with Gasteiger partial charge in [0.05, 0.1) is 12.7 Å². The molecular formula is C12H14N4O3S. The van der Waals surface area contributed by atoms with Gasteiger partial charge in [-0.25, -0.2) is 13.1 Å². The first-order valence-electron chi connectivity index (χ1n) is 5.87. The lowest BCUT2D eigenvalue weighted by Crippen LogP contribution is -2.36. The fourth-order valence-corrected chi connectivity index (χ4v) is 2.38. The first kappa shape index (κ1) is 14.2. The molecule has 1 amide bonds. The van der Waals surface area contributed by atoms with Crippen LogP contribution in [0.4, 0.5) is 0 Å². The van der Waals surface area contributed by atoms with Gasteiger partial charge in [-0.3, -0.25) is 9.89 Å². The van der Waals surface area contributed by atoms with Gasteiger partial charge in [-0.15, -0.1) is 0 Å². The largest absolute Gasteiger partial charge is 0.351 e. The lowest BCUT2D eigenvalue weighted by molar-refractivity contribution is -0.120. The van der Waals surface area contributed by atoms with E-state index >= 15 is 0 Å². The molecule has 0 aliphatic carbocycles. The molecule has 106 valence electrons. The van der Waals surface area contributed by atoms with Crippen LogP contribution in [0, 0.1) is 0 Å². The minimum atomic E-state index is -3.70. The van der Waals surface area contributed by atoms with E-state index in [1.807, 2.05) is 30.3 Å². The first-order valence-corrected chi connectivity index (χ1v) is 7.35. The Bertz CT molecular complexity index is 653. The van der Waals surface area contributed by atoms with Gasteiger partial charge < -0.3 is 5.32 Å². The summed E-state index contributed by atoms with van der Waals surface area (Å²) >= 11 is 0. The van der Waals surface area contributed by atoms with Crippen molar-refractivity contribution in [3.8, 4) is 0 Å². The third-order valence-corrected chi connectivity index (χ3v) is 3.91. The zero-order chi connectivity index (χ0) is 14.4. The highest BCUT2D eigenvalue weighted by atomic mass is 32.2. The predicted octanol–water partition coefficient (Wildman–Crippen LogP) is 0.00440. The van der Waals surface area contributed by atoms with Crippen LogP contribution >= 0.6 is 0 Å². The normalized spacial score (nSPS) is 11.2. The number of hydrogen-bond donors (Lipinski definition) is 3. The molecule has 0 saturated carbocycles. The SMILES string of the molecule is O=C(CNS(=O)(=O)c1cn[nH]c1)NCc1ccccc1. The molecule has 2 rings (SSSR count). The molecule has 0 bridgehead atoms. The fourth-order valence-electron chi connectivity index (χ4n) is 1.49. The van der Waals surface area contributed by atoms with E-state index in [0.29, 0.717) is 6.54 Å². The van der Waals surface area contributed by atoms with Crippen molar-refractivity contribution in [2.75, 3.05) is 6.54 Å². The molecule has 1 heterocycles. The monoisotopic (exact) mass is 294 g/mol. The highest BCUT2D eigenvalue weighted by Gasteiger charge is 2.16. The van der Waals surface area contributed by atoms with Crippen LogP contribution in [0.25, 0.3) is 0 Å². The molecule has 8 heteroatoms. The van der Waals surface area contributed by atoms with Gasteiger partial charge in [0, 0.05) is 12.7 Å². The minimum Gasteiger partial charge on any atom is -0.351 e. The maximum atomic E-state index is 11.7. The van der Waals surface area contributed by atoms with Gasteiger partial charge >= 0.3 is 0 Å². The van der Waals surface area contributed by atoms with Crippen LogP contribution < -0.4 is 10.0 Å². The molecule has 0 unspecified atom stereocenters. The molecule has 3 N–H and O–H groups in total. The Hall–Kier alpha value is -2.19. The Balaban J connectivity index is 1.81. The van der Waals surface area contributed by atoms with Crippen molar-refractivity contribution in [3.63, 3.8) is 0 Å². The number of sulfonamides is 1. The minimum absolute atomic E-state index is 0.00615. The van der Waals surface area contributed by atoms with E-state index in [1.165, 1.54) is 12.4 Å². The average molecular weight is 294 g/mol. The van der Waals surface area contributed by atoms with Crippen molar-refractivity contribution < 1.29 is 13.2 Å². The van der Waals surface area contributed by atoms with Crippen LogP contribution in [0.5, 0.6) is 0 Å². The summed E-state index contributed by atoms with van der Waals surface area (Å²) in [6.45, 7) is 0.0352. The summed E-state index contributed by atoms with van der Waals surface area (Å²) in [6.07, 6.45) is 2.41. The lowest BCUT2D eigenvalue weighted by atomic mass is 10.2. The topological polar surface area (TPSA) is 104 Å². The van der Waals surface area contributed by atoms with E-state index in [1.54, 1.807) is 0 Å². The van der Waals surface area contributed by atoms with E-state index in [-0.39, 0.29) is 11.4 Å². The summed E-state index contributed by atoms with van der Waals surface area (Å²) in [6, 6.07) is 9.35. The molecule has 0 atom stereocenters. The predicted molar refractivity (Wildman–Crippen MR) is 72.1 cm³/mol. The van der Waals surface area contributed by atoms with E-state index in [2.05, 4.69) is 20.2 Å². The number of hydrogen-bond acceptors (Lipinski definition) is 4. The molecular weight excluding hydrogens is 280 g/mol. The quantitative estimate of drug-likeness (QED) is 0.697. The number of amides is 1. The lowest BCUT2D eigenvalue weighted by Gasteiger charge is -2.06. The summed E-state index contributed by atoms with van der Waals surface area (Å²) in [5, 5.41) is 8.57. The summed E-state index contributed by atoms with van der Waals surface area (Å²) in [4.78, 5) is 11.6. The average Bonchev–Trinajstić information content (AvgIpc) is 2.99. The van der Waals surface area contributed by atoms with Crippen molar-refractivity contribution in [2.45, 2.75) is 11.4 Å². The van der Waals surface area contributed by atoms with Crippen molar-refractivity contribution in [1.82, 2.24) is 20.2 Å². The van der Waals surface area contributed by atoms with E-state index in [4.69, 9.17) is 0 Å². The molecule has 0 spiro atoms. The Labute approximate surface area is 116 Å². The summed E-state index contributed by atoms with van der Waals surface area (Å²) in [5.74, 6) is -0.402. The number of rotatable bonds is 6. The van der Waals surface area contributed by atoms with Crippen molar-refractivity contribution >= 4 is 15.9 Å². The molecule has 20 heavy (non-hydrogen) atoms. The number of nitrogens with zero attached hydrogens (tertiary/aromatic N) is 1. The van der Waals surface area contributed by atoms with Gasteiger partial charge in [0.2, 0.25) is 15.9 Å². The third kappa shape index (κ3) is 3.90. The molecule has 0 radical (unpaired) electrons. The van der Waals surface area contributed by atoms with Crippen LogP contribution in [0.3, 0.4) is 0 Å². The second-order valence-electron chi connectivity index (χ2n) is 4.02. The second kappa shape index (κ2) is 6.31. The zero-order valence-electron chi connectivity index (χ0n) is 10.5. The van der Waals surface area contributed by atoms with E-state index in [9.17, 15) is 13.2 Å². The number of nitrogens with one attached hydrogen (secondary N) is 3. The maximum absolute atomic E-state index is 11.7. The Kier molecular flexibility index (Phi) is 4.49. The van der Waals surface area contributed by atoms with Crippen molar-refractivity contribution in [2.24, 2.45) is 0 Å². The fraction of sp³-hybridized carbons (Fsp3) is 0.167. The third-order valence-electron chi connectivity index (χ3n) is 2.54. The van der Waals surface area contributed by atoms with Gasteiger partial charge in [-0.2, -0.15) is 5.10 Å². The molecule has 0 fully saturated rings. The number of aromatic amines is 1. The molecule has 1 aromatic carbocycles. The number of aromatic nitrogens is 2. The van der Waals surface area contributed by atoms with Crippen LogP contribution in [-0.2, 0) is 21.4 Å². The first-order chi connectivity index (χ1) is 9.58. The Morgan fingerprint density at radius 2 is 2.00 bits per heavy atom. The molecule has 1 aromatic heterocycles. The van der Waals surface area contributed by atoms with Gasteiger partial charge in [-0.05, 0) is 5.56 Å². The van der Waals surface area contributed by atoms with Gasteiger partial charge in [0.1, 0.15) is 4.90 Å². The molecule has 0 aliphatic rings. The number of H-pyrrole nitrogens is 1. The number of carbonyl (C=O) groups excluding carboxylic acids is 1. The van der Waals surface area contributed by atoms with E-state index in [0.717, 1.165) is 5.56 Å². The smallest absolute Gasteiger partial charge is 0.244 e. The van der Waals surface area contributed by atoms with Crippen LogP contribution in [0.1, 0.15) is 5.56 Å². The van der Waals surface area contributed by atoms with Crippen molar-refractivity contribution in [3.05, 3.63) is 48.3 Å². The number of benzene rings is 1. The summed E-state index contributed by atoms with van der Waals surface area (Å²) < 4.78 is 25.6. The second-order valence-corrected chi connectivity index (χ2v) is 5.79. The van der Waals surface area contributed by atoms with Crippen molar-refractivity contribution in [1.29, 1.82) is 0 Å². The Morgan fingerprint density at radius 1 is 1.25 bits per heavy atom. The highest BCUT2D eigenvalue weighted by molar-refractivity contribution is 7.89.